The molecule has 5 aromatic carbocycles. The van der Waals surface area contributed by atoms with Crippen molar-refractivity contribution < 1.29 is 31.5 Å². The monoisotopic (exact) mass is 770 g/mol. The second-order valence-corrected chi connectivity index (χ2v) is 14.2. The van der Waals surface area contributed by atoms with Crippen molar-refractivity contribution in [3.05, 3.63) is 152 Å². The van der Waals surface area contributed by atoms with Crippen molar-refractivity contribution >= 4 is 49.2 Å². The summed E-state index contributed by atoms with van der Waals surface area (Å²) in [4.78, 5) is 0.0163. The maximum atomic E-state index is 13.3. The first-order chi connectivity index (χ1) is 23.1. The summed E-state index contributed by atoms with van der Waals surface area (Å²) in [5.74, 6) is 1.50. The van der Waals surface area contributed by atoms with Crippen LogP contribution in [0.2, 0.25) is 10.0 Å². The third kappa shape index (κ3) is 8.17. The van der Waals surface area contributed by atoms with Gasteiger partial charge in [0.1, 0.15) is 29.8 Å². The van der Waals surface area contributed by atoms with E-state index >= 15 is 0 Å². The molecule has 0 unspecified atom stereocenters. The Morgan fingerprint density at radius 3 is 1.71 bits per heavy atom. The van der Waals surface area contributed by atoms with Gasteiger partial charge < -0.3 is 18.9 Å². The van der Waals surface area contributed by atoms with E-state index < -0.39 is 28.4 Å². The Labute approximate surface area is 299 Å². The standard InChI is InChI=1S/C37H33BrCl2O7S/c1-25-9-19-33(20-10-25)48(41,42)46-24-32(47-36-34(39)21-29(38)22-35(36)40)23-45-37(26-7-5-4-6-8-26,27-11-15-30(43-2)16-12-27)28-13-17-31(44-3)18-14-28/h4-22,32H,23-24H2,1-3H3/t32-/m1/s1. The maximum Gasteiger partial charge on any atom is 0.297 e. The molecule has 0 fully saturated rings. The van der Waals surface area contributed by atoms with E-state index in [1.807, 2.05) is 85.8 Å². The second-order valence-electron chi connectivity index (χ2n) is 10.8. The first kappa shape index (κ1) is 35.7. The van der Waals surface area contributed by atoms with E-state index in [4.69, 9.17) is 46.3 Å². The highest BCUT2D eigenvalue weighted by Crippen LogP contribution is 2.42. The maximum absolute atomic E-state index is 13.3. The van der Waals surface area contributed by atoms with Gasteiger partial charge in [0.05, 0.1) is 35.8 Å². The van der Waals surface area contributed by atoms with Crippen LogP contribution in [0.15, 0.2) is 125 Å². The number of benzene rings is 5. The highest BCUT2D eigenvalue weighted by molar-refractivity contribution is 9.10. The van der Waals surface area contributed by atoms with Gasteiger partial charge in [0.25, 0.3) is 10.1 Å². The predicted molar refractivity (Wildman–Crippen MR) is 191 cm³/mol. The fourth-order valence-electron chi connectivity index (χ4n) is 5.16. The summed E-state index contributed by atoms with van der Waals surface area (Å²) in [6.45, 7) is 1.31. The molecule has 1 atom stereocenters. The molecular weight excluding hydrogens is 739 g/mol. The molecule has 0 radical (unpaired) electrons. The Morgan fingerprint density at radius 2 is 1.21 bits per heavy atom. The molecule has 0 aliphatic rings. The van der Waals surface area contributed by atoms with Crippen molar-refractivity contribution in [1.29, 1.82) is 0 Å². The lowest BCUT2D eigenvalue weighted by Crippen LogP contribution is -2.39. The summed E-state index contributed by atoms with van der Waals surface area (Å²) in [6, 6.07) is 34.5. The van der Waals surface area contributed by atoms with Crippen LogP contribution >= 0.6 is 39.1 Å². The van der Waals surface area contributed by atoms with E-state index in [1.54, 1.807) is 38.5 Å². The molecule has 0 heterocycles. The lowest BCUT2D eigenvalue weighted by atomic mass is 9.80. The van der Waals surface area contributed by atoms with E-state index in [1.165, 1.54) is 12.1 Å². The molecule has 0 spiro atoms. The molecular formula is C37H33BrCl2O7S. The van der Waals surface area contributed by atoms with Crippen molar-refractivity contribution in [1.82, 2.24) is 0 Å². The van der Waals surface area contributed by atoms with E-state index in [-0.39, 0.29) is 27.3 Å². The van der Waals surface area contributed by atoms with Gasteiger partial charge in [-0.2, -0.15) is 8.42 Å². The largest absolute Gasteiger partial charge is 0.497 e. The van der Waals surface area contributed by atoms with Crippen LogP contribution in [0, 0.1) is 6.92 Å². The van der Waals surface area contributed by atoms with E-state index in [9.17, 15) is 8.42 Å². The SMILES string of the molecule is COc1ccc(C(OC[C@H](COS(=O)(=O)c2ccc(C)cc2)Oc2c(Cl)cc(Br)cc2Cl)(c2ccccc2)c2ccc(OC)cc2)cc1. The number of halogens is 3. The van der Waals surface area contributed by atoms with Gasteiger partial charge in [0.15, 0.2) is 5.75 Å². The topological polar surface area (TPSA) is 80.3 Å². The average Bonchev–Trinajstić information content (AvgIpc) is 3.09. The van der Waals surface area contributed by atoms with Crippen LogP contribution in [0.1, 0.15) is 22.3 Å². The molecule has 5 rings (SSSR count). The molecule has 7 nitrogen and oxygen atoms in total. The molecule has 5 aromatic rings. The molecule has 0 aliphatic heterocycles. The van der Waals surface area contributed by atoms with Gasteiger partial charge >= 0.3 is 0 Å². The zero-order valence-corrected chi connectivity index (χ0v) is 30.3. The second kappa shape index (κ2) is 15.8. The number of ether oxygens (including phenoxy) is 4. The Morgan fingerprint density at radius 1 is 0.708 bits per heavy atom. The van der Waals surface area contributed by atoms with E-state index in [0.29, 0.717) is 16.0 Å². The van der Waals surface area contributed by atoms with Crippen LogP contribution in [0.4, 0.5) is 0 Å². The molecule has 0 saturated heterocycles. The van der Waals surface area contributed by atoms with Crippen molar-refractivity contribution in [2.75, 3.05) is 27.4 Å². The fraction of sp³-hybridized carbons (Fsp3) is 0.189. The molecule has 48 heavy (non-hydrogen) atoms. The Kier molecular flexibility index (Phi) is 11.7. The van der Waals surface area contributed by atoms with Gasteiger partial charge in [-0.25, -0.2) is 0 Å². The lowest BCUT2D eigenvalue weighted by Gasteiger charge is -2.37. The smallest absolute Gasteiger partial charge is 0.297 e. The fourth-order valence-corrected chi connectivity index (χ4v) is 7.39. The third-order valence-corrected chi connectivity index (χ3v) is 9.94. The minimum absolute atomic E-state index is 0.0163. The quantitative estimate of drug-likeness (QED) is 0.0823. The Balaban J connectivity index is 1.59. The van der Waals surface area contributed by atoms with Crippen molar-refractivity contribution in [2.45, 2.75) is 23.5 Å². The van der Waals surface area contributed by atoms with Crippen LogP contribution in [0.3, 0.4) is 0 Å². The number of hydrogen-bond donors (Lipinski definition) is 0. The normalized spacial score (nSPS) is 12.4. The number of hydrogen-bond acceptors (Lipinski definition) is 7. The van der Waals surface area contributed by atoms with Crippen molar-refractivity contribution in [3.63, 3.8) is 0 Å². The van der Waals surface area contributed by atoms with Gasteiger partial charge in [-0.3, -0.25) is 4.18 Å². The van der Waals surface area contributed by atoms with E-state index in [2.05, 4.69) is 15.9 Å². The minimum Gasteiger partial charge on any atom is -0.497 e. The van der Waals surface area contributed by atoms with Gasteiger partial charge in [0.2, 0.25) is 0 Å². The molecule has 0 aliphatic carbocycles. The molecule has 0 amide bonds. The third-order valence-electron chi connectivity index (χ3n) is 7.63. The molecule has 0 saturated carbocycles. The Bertz CT molecular complexity index is 1850. The number of rotatable bonds is 14. The van der Waals surface area contributed by atoms with E-state index in [0.717, 1.165) is 22.3 Å². The summed E-state index contributed by atoms with van der Waals surface area (Å²) in [5.41, 5.74) is 2.09. The molecule has 0 aromatic heterocycles. The molecule has 0 N–H and O–H groups in total. The average molecular weight is 773 g/mol. The van der Waals surface area contributed by atoms with Crippen LogP contribution in [-0.4, -0.2) is 42.0 Å². The summed E-state index contributed by atoms with van der Waals surface area (Å²) < 4.78 is 56.9. The first-order valence-electron chi connectivity index (χ1n) is 14.8. The minimum atomic E-state index is -4.15. The highest BCUT2D eigenvalue weighted by Gasteiger charge is 2.39. The summed E-state index contributed by atoms with van der Waals surface area (Å²) in [7, 11) is -0.951. The number of methoxy groups -OCH3 is 2. The van der Waals surface area contributed by atoms with Gasteiger partial charge in [-0.05, 0) is 72.1 Å². The first-order valence-corrected chi connectivity index (χ1v) is 17.8. The Hall–Kier alpha value is -3.57. The summed E-state index contributed by atoms with van der Waals surface area (Å²) >= 11 is 16.5. The van der Waals surface area contributed by atoms with Crippen LogP contribution < -0.4 is 14.2 Å². The summed E-state index contributed by atoms with van der Waals surface area (Å²) in [5, 5.41) is 0.445. The van der Waals surface area contributed by atoms with Crippen molar-refractivity contribution in [2.24, 2.45) is 0 Å². The molecule has 0 bridgehead atoms. The van der Waals surface area contributed by atoms with Crippen molar-refractivity contribution in [3.8, 4) is 17.2 Å². The van der Waals surface area contributed by atoms with Gasteiger partial charge in [-0.1, -0.05) is 111 Å². The van der Waals surface area contributed by atoms with Gasteiger partial charge in [0, 0.05) is 4.47 Å². The highest BCUT2D eigenvalue weighted by atomic mass is 79.9. The van der Waals surface area contributed by atoms with Crippen LogP contribution in [0.25, 0.3) is 0 Å². The van der Waals surface area contributed by atoms with Crippen LogP contribution in [-0.2, 0) is 24.6 Å². The van der Waals surface area contributed by atoms with Crippen LogP contribution in [0.5, 0.6) is 17.2 Å². The number of aryl methyl sites for hydroxylation is 1. The lowest BCUT2D eigenvalue weighted by molar-refractivity contribution is -0.0405. The summed E-state index contributed by atoms with van der Waals surface area (Å²) in [6.07, 6.45) is -0.999. The predicted octanol–water partition coefficient (Wildman–Crippen LogP) is 9.24. The van der Waals surface area contributed by atoms with Gasteiger partial charge in [-0.15, -0.1) is 0 Å². The molecule has 11 heteroatoms. The zero-order valence-electron chi connectivity index (χ0n) is 26.4. The molecule has 250 valence electrons. The zero-order chi connectivity index (χ0) is 34.3.